The van der Waals surface area contributed by atoms with Crippen molar-refractivity contribution in [2.45, 2.75) is 5.03 Å². The van der Waals surface area contributed by atoms with Crippen LogP contribution >= 0.6 is 0 Å². The first-order valence-corrected chi connectivity index (χ1v) is 6.42. The fourth-order valence-electron chi connectivity index (χ4n) is 1.31. The van der Waals surface area contributed by atoms with E-state index in [1.54, 1.807) is 12.1 Å². The fourth-order valence-corrected chi connectivity index (χ4v) is 1.81. The Kier molecular flexibility index (Phi) is 3.08. The molecule has 0 atom stereocenters. The summed E-state index contributed by atoms with van der Waals surface area (Å²) >= 11 is 0. The normalized spacial score (nSPS) is 11.1. The van der Waals surface area contributed by atoms with Crippen molar-refractivity contribution in [1.29, 1.82) is 0 Å². The van der Waals surface area contributed by atoms with Gasteiger partial charge in [-0.2, -0.15) is 0 Å². The quantitative estimate of drug-likeness (QED) is 0.862. The summed E-state index contributed by atoms with van der Waals surface area (Å²) in [5, 5.41) is 7.83. The van der Waals surface area contributed by atoms with Gasteiger partial charge in [-0.05, 0) is 24.3 Å². The van der Waals surface area contributed by atoms with Gasteiger partial charge in [0.15, 0.2) is 5.03 Å². The van der Waals surface area contributed by atoms with Crippen LogP contribution in [-0.2, 0) is 10.0 Å². The standard InChI is InChI=1S/C11H11N3O2S/c12-17(15,16)11-8-4-7-10(14-11)13-9-5-2-1-3-6-9/h1-8H,(H,13,14)(H2,12,15,16). The molecule has 2 aromatic rings. The Balaban J connectivity index is 2.29. The number of rotatable bonds is 3. The molecule has 0 unspecified atom stereocenters. The maximum Gasteiger partial charge on any atom is 0.255 e. The molecule has 0 fully saturated rings. The summed E-state index contributed by atoms with van der Waals surface area (Å²) in [6, 6.07) is 13.9. The third kappa shape index (κ3) is 3.02. The number of anilines is 2. The van der Waals surface area contributed by atoms with E-state index in [2.05, 4.69) is 10.3 Å². The van der Waals surface area contributed by atoms with Gasteiger partial charge in [0.25, 0.3) is 10.0 Å². The van der Waals surface area contributed by atoms with Crippen LogP contribution in [0.2, 0.25) is 0 Å². The molecule has 0 aliphatic carbocycles. The Hall–Kier alpha value is -1.92. The first kappa shape index (κ1) is 11.6. The van der Waals surface area contributed by atoms with Crippen molar-refractivity contribution < 1.29 is 8.42 Å². The van der Waals surface area contributed by atoms with Crippen LogP contribution in [0.1, 0.15) is 0 Å². The molecule has 1 aromatic carbocycles. The van der Waals surface area contributed by atoms with Crippen LogP contribution in [0.15, 0.2) is 53.6 Å². The van der Waals surface area contributed by atoms with Crippen LogP contribution in [0.5, 0.6) is 0 Å². The summed E-state index contributed by atoms with van der Waals surface area (Å²) in [5.41, 5.74) is 0.826. The second-order valence-corrected chi connectivity index (χ2v) is 4.91. The summed E-state index contributed by atoms with van der Waals surface area (Å²) in [4.78, 5) is 3.92. The maximum atomic E-state index is 11.1. The first-order valence-electron chi connectivity index (χ1n) is 4.88. The molecule has 0 aliphatic heterocycles. The van der Waals surface area contributed by atoms with E-state index >= 15 is 0 Å². The van der Waals surface area contributed by atoms with Gasteiger partial charge in [-0.25, -0.2) is 18.5 Å². The molecule has 17 heavy (non-hydrogen) atoms. The molecule has 88 valence electrons. The van der Waals surface area contributed by atoms with E-state index in [9.17, 15) is 8.42 Å². The van der Waals surface area contributed by atoms with Crippen LogP contribution < -0.4 is 10.5 Å². The zero-order valence-corrected chi connectivity index (χ0v) is 9.68. The number of hydrogen-bond acceptors (Lipinski definition) is 4. The molecular formula is C11H11N3O2S. The minimum absolute atomic E-state index is 0.154. The minimum Gasteiger partial charge on any atom is -0.340 e. The van der Waals surface area contributed by atoms with Gasteiger partial charge in [0.1, 0.15) is 5.82 Å². The third-order valence-electron chi connectivity index (χ3n) is 2.06. The van der Waals surface area contributed by atoms with Crippen molar-refractivity contribution in [2.24, 2.45) is 5.14 Å². The Bertz CT molecular complexity index is 612. The second kappa shape index (κ2) is 4.52. The van der Waals surface area contributed by atoms with Gasteiger partial charge < -0.3 is 5.32 Å². The molecule has 0 spiro atoms. The highest BCUT2D eigenvalue weighted by Crippen LogP contribution is 2.15. The maximum absolute atomic E-state index is 11.1. The predicted octanol–water partition coefficient (Wildman–Crippen LogP) is 1.47. The van der Waals surface area contributed by atoms with Gasteiger partial charge >= 0.3 is 0 Å². The van der Waals surface area contributed by atoms with Crippen molar-refractivity contribution in [1.82, 2.24) is 4.98 Å². The van der Waals surface area contributed by atoms with Crippen LogP contribution in [0.4, 0.5) is 11.5 Å². The summed E-state index contributed by atoms with van der Waals surface area (Å²) in [5.74, 6) is 0.433. The van der Waals surface area contributed by atoms with Crippen LogP contribution in [-0.4, -0.2) is 13.4 Å². The number of primary sulfonamides is 1. The van der Waals surface area contributed by atoms with Gasteiger partial charge in [-0.15, -0.1) is 0 Å². The predicted molar refractivity (Wildman–Crippen MR) is 65.3 cm³/mol. The molecule has 0 aliphatic rings. The molecule has 3 N–H and O–H groups in total. The Morgan fingerprint density at radius 1 is 1.00 bits per heavy atom. The number of benzene rings is 1. The number of nitrogens with two attached hydrogens (primary N) is 1. The third-order valence-corrected chi connectivity index (χ3v) is 2.87. The van der Waals surface area contributed by atoms with Gasteiger partial charge in [0.2, 0.25) is 0 Å². The number of pyridine rings is 1. The number of sulfonamides is 1. The number of para-hydroxylation sites is 1. The van der Waals surface area contributed by atoms with Crippen LogP contribution in [0, 0.1) is 0 Å². The highest BCUT2D eigenvalue weighted by Gasteiger charge is 2.09. The lowest BCUT2D eigenvalue weighted by Gasteiger charge is -2.06. The topological polar surface area (TPSA) is 85.1 Å². The molecule has 6 heteroatoms. The molecule has 5 nitrogen and oxygen atoms in total. The molecule has 0 radical (unpaired) electrons. The summed E-state index contributed by atoms with van der Waals surface area (Å²) in [6.07, 6.45) is 0. The molecular weight excluding hydrogens is 238 g/mol. The smallest absolute Gasteiger partial charge is 0.255 e. The monoisotopic (exact) mass is 249 g/mol. The minimum atomic E-state index is -3.77. The molecule has 0 amide bonds. The molecule has 0 bridgehead atoms. The highest BCUT2D eigenvalue weighted by molar-refractivity contribution is 7.89. The van der Waals surface area contributed by atoms with E-state index in [0.29, 0.717) is 5.82 Å². The summed E-state index contributed by atoms with van der Waals surface area (Å²) < 4.78 is 22.3. The Labute approximate surface area is 99.4 Å². The number of hydrogen-bond donors (Lipinski definition) is 2. The van der Waals surface area contributed by atoms with Gasteiger partial charge in [0.05, 0.1) is 0 Å². The molecule has 1 heterocycles. The Morgan fingerprint density at radius 3 is 2.35 bits per heavy atom. The van der Waals surface area contributed by atoms with E-state index < -0.39 is 10.0 Å². The highest BCUT2D eigenvalue weighted by atomic mass is 32.2. The fraction of sp³-hybridized carbons (Fsp3) is 0. The van der Waals surface area contributed by atoms with Crippen molar-refractivity contribution in [2.75, 3.05) is 5.32 Å². The SMILES string of the molecule is NS(=O)(=O)c1cccc(Nc2ccccc2)n1. The molecule has 1 aromatic heterocycles. The number of nitrogens with zero attached hydrogens (tertiary/aromatic N) is 1. The largest absolute Gasteiger partial charge is 0.340 e. The van der Waals surface area contributed by atoms with Crippen LogP contribution in [0.25, 0.3) is 0 Å². The lowest BCUT2D eigenvalue weighted by Crippen LogP contribution is -2.14. The van der Waals surface area contributed by atoms with Crippen molar-refractivity contribution in [3.8, 4) is 0 Å². The van der Waals surface area contributed by atoms with Crippen molar-refractivity contribution >= 4 is 21.5 Å². The summed E-state index contributed by atoms with van der Waals surface area (Å²) in [6.45, 7) is 0. The van der Waals surface area contributed by atoms with E-state index in [1.807, 2.05) is 30.3 Å². The molecule has 0 saturated carbocycles. The molecule has 0 saturated heterocycles. The lowest BCUT2D eigenvalue weighted by atomic mass is 10.3. The van der Waals surface area contributed by atoms with E-state index in [1.165, 1.54) is 6.07 Å². The van der Waals surface area contributed by atoms with Crippen LogP contribution in [0.3, 0.4) is 0 Å². The van der Waals surface area contributed by atoms with E-state index in [4.69, 9.17) is 5.14 Å². The second-order valence-electron chi connectivity index (χ2n) is 3.40. The van der Waals surface area contributed by atoms with E-state index in [0.717, 1.165) is 5.69 Å². The first-order chi connectivity index (χ1) is 8.05. The molecule has 2 rings (SSSR count). The zero-order chi connectivity index (χ0) is 12.3. The number of aromatic nitrogens is 1. The average Bonchev–Trinajstić information content (AvgIpc) is 2.29. The van der Waals surface area contributed by atoms with E-state index in [-0.39, 0.29) is 5.03 Å². The average molecular weight is 249 g/mol. The zero-order valence-electron chi connectivity index (χ0n) is 8.87. The Morgan fingerprint density at radius 2 is 1.71 bits per heavy atom. The van der Waals surface area contributed by atoms with Gasteiger partial charge in [-0.3, -0.25) is 0 Å². The van der Waals surface area contributed by atoms with Gasteiger partial charge in [0, 0.05) is 5.69 Å². The lowest BCUT2D eigenvalue weighted by molar-refractivity contribution is 0.594. The van der Waals surface area contributed by atoms with Gasteiger partial charge in [-0.1, -0.05) is 24.3 Å². The van der Waals surface area contributed by atoms with Crippen molar-refractivity contribution in [3.63, 3.8) is 0 Å². The summed E-state index contributed by atoms with van der Waals surface area (Å²) in [7, 11) is -3.77. The van der Waals surface area contributed by atoms with Crippen molar-refractivity contribution in [3.05, 3.63) is 48.5 Å². The number of nitrogens with one attached hydrogen (secondary N) is 1.